The first-order valence-electron chi connectivity index (χ1n) is 9.10. The predicted molar refractivity (Wildman–Crippen MR) is 108 cm³/mol. The Morgan fingerprint density at radius 1 is 0.808 bits per heavy atom. The fourth-order valence-electron chi connectivity index (χ4n) is 1.90. The molecule has 0 aliphatic heterocycles. The Morgan fingerprint density at radius 3 is 1.88 bits per heavy atom. The maximum atomic E-state index is 10.3. The highest BCUT2D eigenvalue weighted by Gasteiger charge is 1.94. The average Bonchev–Trinajstić information content (AvgIpc) is 2.60. The zero-order valence-corrected chi connectivity index (χ0v) is 15.6. The Kier molecular flexibility index (Phi) is 16.2. The molecule has 26 heavy (non-hydrogen) atoms. The van der Waals surface area contributed by atoms with E-state index in [2.05, 4.69) is 6.92 Å². The third-order valence-corrected chi connectivity index (χ3v) is 3.29. The largest absolute Gasteiger partial charge is 0.481 e. The lowest BCUT2D eigenvalue weighted by Gasteiger charge is -1.99. The van der Waals surface area contributed by atoms with Crippen molar-refractivity contribution in [2.24, 2.45) is 0 Å². The highest BCUT2D eigenvalue weighted by Crippen LogP contribution is 2.00. The number of hydrogen-bond acceptors (Lipinski definition) is 3. The highest BCUT2D eigenvalue weighted by atomic mass is 16.4. The summed E-state index contributed by atoms with van der Waals surface area (Å²) >= 11 is 0. The minimum absolute atomic E-state index is 0.154. The standard InChI is InChI=1S/C22H32O4/c1-2-3-10-15-20(23)17-12-8-9-13-18-21(24)16-11-6-4-5-7-14-19-22(25)26/h3,5-13,17-18,20-21,23-24H,2,4,14-16,19H2,1H3,(H,25,26)/b7-5-,9-8-,10-3-,11-6-,17-12+,18-13-. The molecular weight excluding hydrogens is 328 g/mol. The third-order valence-electron chi connectivity index (χ3n) is 3.29. The van der Waals surface area contributed by atoms with Gasteiger partial charge in [-0.2, -0.15) is 0 Å². The summed E-state index contributed by atoms with van der Waals surface area (Å²) in [5.74, 6) is -0.787. The van der Waals surface area contributed by atoms with Crippen molar-refractivity contribution in [1.29, 1.82) is 0 Å². The smallest absolute Gasteiger partial charge is 0.303 e. The van der Waals surface area contributed by atoms with Gasteiger partial charge in [0.25, 0.3) is 0 Å². The zero-order chi connectivity index (χ0) is 19.5. The van der Waals surface area contributed by atoms with Crippen LogP contribution in [0.4, 0.5) is 0 Å². The molecule has 2 atom stereocenters. The normalized spacial score (nSPS) is 15.5. The summed E-state index contributed by atoms with van der Waals surface area (Å²) < 4.78 is 0. The summed E-state index contributed by atoms with van der Waals surface area (Å²) in [7, 11) is 0. The minimum Gasteiger partial charge on any atom is -0.481 e. The van der Waals surface area contributed by atoms with E-state index in [1.807, 2.05) is 48.6 Å². The third kappa shape index (κ3) is 18.2. The van der Waals surface area contributed by atoms with Crippen LogP contribution in [-0.4, -0.2) is 33.5 Å². The molecule has 0 bridgehead atoms. The molecule has 0 aliphatic carbocycles. The van der Waals surface area contributed by atoms with Crippen molar-refractivity contribution in [3.63, 3.8) is 0 Å². The van der Waals surface area contributed by atoms with Crippen LogP contribution in [0.15, 0.2) is 72.9 Å². The van der Waals surface area contributed by atoms with Gasteiger partial charge >= 0.3 is 5.97 Å². The Hall–Kier alpha value is -2.17. The van der Waals surface area contributed by atoms with Crippen molar-refractivity contribution in [1.82, 2.24) is 0 Å². The van der Waals surface area contributed by atoms with Crippen LogP contribution in [0, 0.1) is 0 Å². The lowest BCUT2D eigenvalue weighted by Crippen LogP contribution is -1.98. The monoisotopic (exact) mass is 360 g/mol. The molecule has 0 spiro atoms. The van der Waals surface area contributed by atoms with Crippen LogP contribution in [0.5, 0.6) is 0 Å². The molecule has 2 unspecified atom stereocenters. The summed E-state index contributed by atoms with van der Waals surface area (Å²) in [6.45, 7) is 2.06. The number of rotatable bonds is 14. The van der Waals surface area contributed by atoms with E-state index in [1.165, 1.54) is 0 Å². The SMILES string of the molecule is CC/C=C\CC(O)/C=C/C=C\C=C/C(O)C/C=C\C/C=C\CCC(=O)O. The molecule has 0 aromatic rings. The molecule has 4 nitrogen and oxygen atoms in total. The van der Waals surface area contributed by atoms with E-state index in [0.29, 0.717) is 19.3 Å². The molecule has 144 valence electrons. The number of allylic oxidation sites excluding steroid dienone is 8. The molecule has 0 heterocycles. The first-order valence-corrected chi connectivity index (χ1v) is 9.10. The van der Waals surface area contributed by atoms with Crippen molar-refractivity contribution < 1.29 is 20.1 Å². The molecule has 3 N–H and O–H groups in total. The van der Waals surface area contributed by atoms with Crippen LogP contribution < -0.4 is 0 Å². The second-order valence-corrected chi connectivity index (χ2v) is 5.75. The zero-order valence-electron chi connectivity index (χ0n) is 15.6. The summed E-state index contributed by atoms with van der Waals surface area (Å²) in [6, 6.07) is 0. The van der Waals surface area contributed by atoms with Crippen molar-refractivity contribution in [3.05, 3.63) is 72.9 Å². The maximum absolute atomic E-state index is 10.3. The molecule has 0 fully saturated rings. The van der Waals surface area contributed by atoms with Crippen molar-refractivity contribution >= 4 is 5.97 Å². The molecule has 0 radical (unpaired) electrons. The fourth-order valence-corrected chi connectivity index (χ4v) is 1.90. The minimum atomic E-state index is -0.787. The number of hydrogen-bond donors (Lipinski definition) is 3. The Morgan fingerprint density at radius 2 is 1.35 bits per heavy atom. The summed E-state index contributed by atoms with van der Waals surface area (Å²) in [6.07, 6.45) is 24.8. The number of carboxylic acids is 1. The molecule has 0 saturated heterocycles. The van der Waals surface area contributed by atoms with Gasteiger partial charge in [0.1, 0.15) is 0 Å². The van der Waals surface area contributed by atoms with Crippen molar-refractivity contribution in [2.45, 2.75) is 57.7 Å². The van der Waals surface area contributed by atoms with Gasteiger partial charge in [0.05, 0.1) is 12.2 Å². The van der Waals surface area contributed by atoms with Crippen molar-refractivity contribution in [2.75, 3.05) is 0 Å². The van der Waals surface area contributed by atoms with E-state index in [-0.39, 0.29) is 6.42 Å². The number of aliphatic hydroxyl groups excluding tert-OH is 2. The van der Waals surface area contributed by atoms with Gasteiger partial charge in [0, 0.05) is 6.42 Å². The molecular formula is C22H32O4. The van der Waals surface area contributed by atoms with Crippen LogP contribution in [0.3, 0.4) is 0 Å². The number of aliphatic carboxylic acids is 1. The van der Waals surface area contributed by atoms with Crippen LogP contribution in [0.25, 0.3) is 0 Å². The van der Waals surface area contributed by atoms with Gasteiger partial charge in [0.2, 0.25) is 0 Å². The van der Waals surface area contributed by atoms with E-state index >= 15 is 0 Å². The van der Waals surface area contributed by atoms with E-state index in [9.17, 15) is 15.0 Å². The summed E-state index contributed by atoms with van der Waals surface area (Å²) in [4.78, 5) is 10.3. The van der Waals surface area contributed by atoms with Gasteiger partial charge in [-0.25, -0.2) is 0 Å². The number of carbonyl (C=O) groups is 1. The molecule has 0 rings (SSSR count). The van der Waals surface area contributed by atoms with Gasteiger partial charge in [-0.3, -0.25) is 4.79 Å². The van der Waals surface area contributed by atoms with Crippen LogP contribution in [0.2, 0.25) is 0 Å². The number of carboxylic acid groups (broad SMARTS) is 1. The molecule has 0 aromatic heterocycles. The molecule has 0 amide bonds. The topological polar surface area (TPSA) is 77.8 Å². The molecule has 0 aliphatic rings. The second kappa shape index (κ2) is 17.6. The Bertz CT molecular complexity index is 524. The summed E-state index contributed by atoms with van der Waals surface area (Å²) in [5.41, 5.74) is 0. The molecule has 0 saturated carbocycles. The Labute approximate surface area is 157 Å². The van der Waals surface area contributed by atoms with Crippen LogP contribution in [0.1, 0.15) is 45.4 Å². The Balaban J connectivity index is 3.87. The van der Waals surface area contributed by atoms with E-state index in [0.717, 1.165) is 12.8 Å². The lowest BCUT2D eigenvalue weighted by atomic mass is 10.2. The van der Waals surface area contributed by atoms with Crippen molar-refractivity contribution in [3.8, 4) is 0 Å². The van der Waals surface area contributed by atoms with Gasteiger partial charge in [-0.15, -0.1) is 0 Å². The molecule has 4 heteroatoms. The first-order chi connectivity index (χ1) is 12.6. The van der Waals surface area contributed by atoms with Gasteiger partial charge in [-0.05, 0) is 32.1 Å². The second-order valence-electron chi connectivity index (χ2n) is 5.75. The van der Waals surface area contributed by atoms with E-state index in [1.54, 1.807) is 24.3 Å². The van der Waals surface area contributed by atoms with Crippen LogP contribution >= 0.6 is 0 Å². The van der Waals surface area contributed by atoms with Gasteiger partial charge < -0.3 is 15.3 Å². The van der Waals surface area contributed by atoms with Gasteiger partial charge in [-0.1, -0.05) is 79.8 Å². The quantitative estimate of drug-likeness (QED) is 0.315. The highest BCUT2D eigenvalue weighted by molar-refractivity contribution is 5.66. The number of aliphatic hydroxyl groups is 2. The fraction of sp³-hybridized carbons (Fsp3) is 0.409. The maximum Gasteiger partial charge on any atom is 0.303 e. The molecule has 0 aromatic carbocycles. The van der Waals surface area contributed by atoms with Gasteiger partial charge in [0.15, 0.2) is 0 Å². The first kappa shape index (κ1) is 23.8. The predicted octanol–water partition coefficient (Wildman–Crippen LogP) is 4.49. The lowest BCUT2D eigenvalue weighted by molar-refractivity contribution is -0.136. The average molecular weight is 360 g/mol. The van der Waals surface area contributed by atoms with E-state index in [4.69, 9.17) is 5.11 Å². The van der Waals surface area contributed by atoms with E-state index < -0.39 is 18.2 Å². The summed E-state index contributed by atoms with van der Waals surface area (Å²) in [5, 5.41) is 28.0. The van der Waals surface area contributed by atoms with Crippen LogP contribution in [-0.2, 0) is 4.79 Å².